The number of hydrogen-bond acceptors (Lipinski definition) is 2. The lowest BCUT2D eigenvalue weighted by Gasteiger charge is -2.35. The number of rotatable bonds is 0. The van der Waals surface area contributed by atoms with Crippen LogP contribution in [0.5, 0.6) is 0 Å². The van der Waals surface area contributed by atoms with Crippen LogP contribution in [0.3, 0.4) is 0 Å². The van der Waals surface area contributed by atoms with E-state index in [1.165, 1.54) is 11.1 Å². The van der Waals surface area contributed by atoms with E-state index in [1.54, 1.807) is 0 Å². The molecule has 13 heavy (non-hydrogen) atoms. The van der Waals surface area contributed by atoms with Crippen LogP contribution in [-0.2, 0) is 6.42 Å². The zero-order valence-electron chi connectivity index (χ0n) is 7.96. The van der Waals surface area contributed by atoms with Gasteiger partial charge < -0.3 is 11.5 Å². The Balaban J connectivity index is 2.43. The van der Waals surface area contributed by atoms with Crippen LogP contribution in [0.15, 0.2) is 24.3 Å². The number of benzene rings is 1. The van der Waals surface area contributed by atoms with Crippen LogP contribution in [0.1, 0.15) is 30.4 Å². The summed E-state index contributed by atoms with van der Waals surface area (Å²) in [5, 5.41) is 0. The average molecular weight is 176 g/mol. The van der Waals surface area contributed by atoms with Crippen molar-refractivity contribution in [1.29, 1.82) is 0 Å². The van der Waals surface area contributed by atoms with Crippen LogP contribution in [0.2, 0.25) is 0 Å². The van der Waals surface area contributed by atoms with Gasteiger partial charge in [0.05, 0.1) is 5.66 Å². The van der Waals surface area contributed by atoms with E-state index in [4.69, 9.17) is 11.5 Å². The van der Waals surface area contributed by atoms with Crippen LogP contribution in [-0.4, -0.2) is 5.66 Å². The van der Waals surface area contributed by atoms with E-state index in [0.717, 1.165) is 12.8 Å². The Morgan fingerprint density at radius 3 is 2.77 bits per heavy atom. The highest BCUT2D eigenvalue weighted by Crippen LogP contribution is 2.32. The highest BCUT2D eigenvalue weighted by molar-refractivity contribution is 5.34. The van der Waals surface area contributed by atoms with Gasteiger partial charge in [-0.15, -0.1) is 0 Å². The van der Waals surface area contributed by atoms with Crippen molar-refractivity contribution in [2.24, 2.45) is 11.5 Å². The fourth-order valence-corrected chi connectivity index (χ4v) is 2.28. The lowest BCUT2D eigenvalue weighted by molar-refractivity contribution is 0.354. The predicted octanol–water partition coefficient (Wildman–Crippen LogP) is 1.35. The van der Waals surface area contributed by atoms with Gasteiger partial charge in [0, 0.05) is 6.42 Å². The van der Waals surface area contributed by atoms with Gasteiger partial charge in [-0.1, -0.05) is 31.2 Å². The van der Waals surface area contributed by atoms with Gasteiger partial charge in [0.1, 0.15) is 0 Å². The maximum Gasteiger partial charge on any atom is 0.0683 e. The first-order valence-corrected chi connectivity index (χ1v) is 4.74. The smallest absolute Gasteiger partial charge is 0.0683 e. The first-order chi connectivity index (χ1) is 6.08. The monoisotopic (exact) mass is 176 g/mol. The van der Waals surface area contributed by atoms with Crippen LogP contribution >= 0.6 is 0 Å². The molecule has 0 saturated carbocycles. The Morgan fingerprint density at radius 1 is 1.31 bits per heavy atom. The maximum atomic E-state index is 5.96. The second kappa shape index (κ2) is 2.82. The Kier molecular flexibility index (Phi) is 1.90. The largest absolute Gasteiger partial charge is 0.313 e. The van der Waals surface area contributed by atoms with Crippen LogP contribution in [0.25, 0.3) is 0 Å². The third-order valence-electron chi connectivity index (χ3n) is 2.79. The molecule has 0 spiro atoms. The summed E-state index contributed by atoms with van der Waals surface area (Å²) in [6.07, 6.45) is 1.68. The summed E-state index contributed by atoms with van der Waals surface area (Å²) < 4.78 is 0. The molecule has 2 heteroatoms. The lowest BCUT2D eigenvalue weighted by Crippen LogP contribution is -2.54. The Morgan fingerprint density at radius 2 is 2.00 bits per heavy atom. The predicted molar refractivity (Wildman–Crippen MR) is 54.3 cm³/mol. The summed E-state index contributed by atoms with van der Waals surface area (Å²) >= 11 is 0. The summed E-state index contributed by atoms with van der Waals surface area (Å²) in [5.74, 6) is 0.486. The minimum atomic E-state index is -0.506. The van der Waals surface area contributed by atoms with Gasteiger partial charge in [0.15, 0.2) is 0 Å². The van der Waals surface area contributed by atoms with Crippen molar-refractivity contribution in [3.05, 3.63) is 35.4 Å². The standard InChI is InChI=1S/C11H16N2/c1-8-6-11(12,13)7-9-4-2-3-5-10(8)9/h2-5,8H,6-7,12-13H2,1H3. The van der Waals surface area contributed by atoms with E-state index >= 15 is 0 Å². The molecule has 1 aliphatic carbocycles. The maximum absolute atomic E-state index is 5.96. The van der Waals surface area contributed by atoms with Gasteiger partial charge in [-0.25, -0.2) is 0 Å². The summed E-state index contributed by atoms with van der Waals surface area (Å²) in [6.45, 7) is 2.19. The average Bonchev–Trinajstić information content (AvgIpc) is 2.02. The molecular weight excluding hydrogens is 160 g/mol. The van der Waals surface area contributed by atoms with Crippen molar-refractivity contribution in [3.8, 4) is 0 Å². The molecule has 2 rings (SSSR count). The highest BCUT2D eigenvalue weighted by Gasteiger charge is 2.30. The van der Waals surface area contributed by atoms with Gasteiger partial charge in [-0.2, -0.15) is 0 Å². The van der Waals surface area contributed by atoms with Gasteiger partial charge in [0.2, 0.25) is 0 Å². The van der Waals surface area contributed by atoms with Crippen LogP contribution in [0.4, 0.5) is 0 Å². The fraction of sp³-hybridized carbons (Fsp3) is 0.455. The van der Waals surface area contributed by atoms with Crippen molar-refractivity contribution in [3.63, 3.8) is 0 Å². The van der Waals surface area contributed by atoms with Gasteiger partial charge >= 0.3 is 0 Å². The number of fused-ring (bicyclic) bond motifs is 1. The van der Waals surface area contributed by atoms with E-state index in [-0.39, 0.29) is 0 Å². The molecule has 1 unspecified atom stereocenters. The second-order valence-corrected chi connectivity index (χ2v) is 4.21. The summed E-state index contributed by atoms with van der Waals surface area (Å²) in [4.78, 5) is 0. The van der Waals surface area contributed by atoms with E-state index in [2.05, 4.69) is 25.1 Å². The molecule has 0 fully saturated rings. The third kappa shape index (κ3) is 1.60. The quantitative estimate of drug-likeness (QED) is 0.586. The number of nitrogens with two attached hydrogens (primary N) is 2. The van der Waals surface area contributed by atoms with Crippen molar-refractivity contribution in [2.75, 3.05) is 0 Å². The molecule has 0 amide bonds. The Hall–Kier alpha value is -0.860. The molecule has 1 aromatic rings. The normalized spacial score (nSPS) is 25.3. The van der Waals surface area contributed by atoms with E-state index < -0.39 is 5.66 Å². The molecule has 1 aliphatic rings. The van der Waals surface area contributed by atoms with Gasteiger partial charge in [0.25, 0.3) is 0 Å². The van der Waals surface area contributed by atoms with Crippen molar-refractivity contribution >= 4 is 0 Å². The Labute approximate surface area is 78.9 Å². The molecule has 1 aromatic carbocycles. The van der Waals surface area contributed by atoms with E-state index in [0.29, 0.717) is 5.92 Å². The molecule has 0 aromatic heterocycles. The van der Waals surface area contributed by atoms with E-state index in [9.17, 15) is 0 Å². The molecule has 0 heterocycles. The molecule has 0 saturated heterocycles. The molecule has 1 atom stereocenters. The van der Waals surface area contributed by atoms with Crippen molar-refractivity contribution in [1.82, 2.24) is 0 Å². The molecular formula is C11H16N2. The first-order valence-electron chi connectivity index (χ1n) is 4.74. The minimum Gasteiger partial charge on any atom is -0.313 e. The van der Waals surface area contributed by atoms with Crippen molar-refractivity contribution < 1.29 is 0 Å². The molecule has 0 bridgehead atoms. The fourth-order valence-electron chi connectivity index (χ4n) is 2.28. The van der Waals surface area contributed by atoms with Crippen LogP contribution in [0, 0.1) is 0 Å². The van der Waals surface area contributed by atoms with Gasteiger partial charge in [-0.05, 0) is 23.5 Å². The zero-order chi connectivity index (χ0) is 9.47. The molecule has 70 valence electrons. The zero-order valence-corrected chi connectivity index (χ0v) is 7.96. The van der Waals surface area contributed by atoms with Gasteiger partial charge in [-0.3, -0.25) is 0 Å². The summed E-state index contributed by atoms with van der Waals surface area (Å²) in [7, 11) is 0. The molecule has 4 N–H and O–H groups in total. The van der Waals surface area contributed by atoms with E-state index in [1.807, 2.05) is 6.07 Å². The molecule has 0 aliphatic heterocycles. The topological polar surface area (TPSA) is 52.0 Å². The van der Waals surface area contributed by atoms with Crippen molar-refractivity contribution in [2.45, 2.75) is 31.3 Å². The van der Waals surface area contributed by atoms with Crippen LogP contribution < -0.4 is 11.5 Å². The lowest BCUT2D eigenvalue weighted by atomic mass is 9.78. The summed E-state index contributed by atoms with van der Waals surface area (Å²) in [5.41, 5.74) is 14.1. The Bertz CT molecular complexity index is 318. The second-order valence-electron chi connectivity index (χ2n) is 4.21. The number of hydrogen-bond donors (Lipinski definition) is 2. The molecule has 0 radical (unpaired) electrons. The molecule has 2 nitrogen and oxygen atoms in total. The first kappa shape index (κ1) is 8.73. The summed E-state index contributed by atoms with van der Waals surface area (Å²) in [6, 6.07) is 8.43. The minimum absolute atomic E-state index is 0.486. The third-order valence-corrected chi connectivity index (χ3v) is 2.79. The highest BCUT2D eigenvalue weighted by atomic mass is 15.0. The SMILES string of the molecule is CC1CC(N)(N)Cc2ccccc21.